The zero-order valence-corrected chi connectivity index (χ0v) is 7.42. The number of aromatic hydroxyl groups is 1. The number of hydrazine groups is 1. The van der Waals surface area contributed by atoms with Crippen molar-refractivity contribution in [3.63, 3.8) is 0 Å². The van der Waals surface area contributed by atoms with Crippen LogP contribution in [0, 0.1) is 0 Å². The quantitative estimate of drug-likeness (QED) is 0.453. The van der Waals surface area contributed by atoms with Crippen molar-refractivity contribution in [3.05, 3.63) is 6.07 Å². The fourth-order valence-electron chi connectivity index (χ4n) is 0.764. The van der Waals surface area contributed by atoms with Gasteiger partial charge in [0.25, 0.3) is 0 Å². The highest BCUT2D eigenvalue weighted by Gasteiger charge is 2.04. The Morgan fingerprint density at radius 1 is 1.67 bits per heavy atom. The van der Waals surface area contributed by atoms with E-state index in [1.54, 1.807) is 0 Å². The van der Waals surface area contributed by atoms with Crippen molar-refractivity contribution in [1.82, 2.24) is 4.37 Å². The summed E-state index contributed by atoms with van der Waals surface area (Å²) in [7, 11) is 0. The molecule has 0 radical (unpaired) electrons. The zero-order valence-electron chi connectivity index (χ0n) is 6.60. The SMILES string of the molecule is NCCCN(N)c1cc(O)ns1. The Morgan fingerprint density at radius 3 is 2.92 bits per heavy atom. The number of nitrogens with two attached hydrogens (primary N) is 2. The minimum Gasteiger partial charge on any atom is -0.493 e. The second-order valence-corrected chi connectivity index (χ2v) is 3.14. The highest BCUT2D eigenvalue weighted by molar-refractivity contribution is 7.10. The van der Waals surface area contributed by atoms with Crippen molar-refractivity contribution in [1.29, 1.82) is 0 Å². The van der Waals surface area contributed by atoms with E-state index in [4.69, 9.17) is 16.7 Å². The van der Waals surface area contributed by atoms with E-state index >= 15 is 0 Å². The third-order valence-corrected chi connectivity index (χ3v) is 2.19. The molecule has 68 valence electrons. The predicted octanol–water partition coefficient (Wildman–Crippen LogP) is -0.122. The van der Waals surface area contributed by atoms with Gasteiger partial charge in [-0.05, 0) is 24.5 Å². The van der Waals surface area contributed by atoms with Crippen LogP contribution in [0.4, 0.5) is 5.00 Å². The first-order valence-corrected chi connectivity index (χ1v) is 4.39. The highest BCUT2D eigenvalue weighted by atomic mass is 32.1. The van der Waals surface area contributed by atoms with Crippen LogP contribution < -0.4 is 16.6 Å². The van der Waals surface area contributed by atoms with Crippen LogP contribution in [0.2, 0.25) is 0 Å². The topological polar surface area (TPSA) is 88.4 Å². The summed E-state index contributed by atoms with van der Waals surface area (Å²) in [6.45, 7) is 1.29. The van der Waals surface area contributed by atoms with Gasteiger partial charge in [0.05, 0.1) is 0 Å². The van der Waals surface area contributed by atoms with Crippen LogP contribution in [-0.2, 0) is 0 Å². The maximum atomic E-state index is 8.92. The summed E-state index contributed by atoms with van der Waals surface area (Å²) < 4.78 is 3.69. The molecule has 0 aliphatic rings. The Bertz CT molecular complexity index is 239. The lowest BCUT2D eigenvalue weighted by Gasteiger charge is -2.14. The first-order valence-electron chi connectivity index (χ1n) is 3.62. The second-order valence-electron chi connectivity index (χ2n) is 2.36. The van der Waals surface area contributed by atoms with Gasteiger partial charge in [-0.1, -0.05) is 0 Å². The van der Waals surface area contributed by atoms with Gasteiger partial charge in [0.1, 0.15) is 5.00 Å². The molecule has 1 aromatic rings. The first kappa shape index (κ1) is 9.24. The molecule has 0 aliphatic heterocycles. The number of hydrogen-bond donors (Lipinski definition) is 3. The Labute approximate surface area is 74.7 Å². The summed E-state index contributed by atoms with van der Waals surface area (Å²) in [6.07, 6.45) is 0.829. The maximum Gasteiger partial charge on any atom is 0.224 e. The molecular weight excluding hydrogens is 176 g/mol. The van der Waals surface area contributed by atoms with Crippen molar-refractivity contribution in [2.45, 2.75) is 6.42 Å². The Hall–Kier alpha value is -0.850. The van der Waals surface area contributed by atoms with Crippen LogP contribution in [0.25, 0.3) is 0 Å². The van der Waals surface area contributed by atoms with Gasteiger partial charge in [-0.2, -0.15) is 4.37 Å². The Morgan fingerprint density at radius 2 is 2.42 bits per heavy atom. The largest absolute Gasteiger partial charge is 0.493 e. The van der Waals surface area contributed by atoms with Gasteiger partial charge in [0.2, 0.25) is 5.88 Å². The molecule has 12 heavy (non-hydrogen) atoms. The fraction of sp³-hybridized carbons (Fsp3) is 0.500. The second kappa shape index (κ2) is 4.24. The number of anilines is 1. The summed E-state index contributed by atoms with van der Waals surface area (Å²) in [5.41, 5.74) is 5.32. The number of aromatic nitrogens is 1. The minimum atomic E-state index is 0.0122. The molecule has 5 N–H and O–H groups in total. The summed E-state index contributed by atoms with van der Waals surface area (Å²) in [5.74, 6) is 5.64. The molecule has 0 saturated heterocycles. The summed E-state index contributed by atoms with van der Waals surface area (Å²) >= 11 is 1.17. The van der Waals surface area contributed by atoms with E-state index in [0.717, 1.165) is 11.4 Å². The van der Waals surface area contributed by atoms with E-state index in [2.05, 4.69) is 4.37 Å². The van der Waals surface area contributed by atoms with Gasteiger partial charge >= 0.3 is 0 Å². The van der Waals surface area contributed by atoms with E-state index in [1.807, 2.05) is 0 Å². The van der Waals surface area contributed by atoms with E-state index in [0.29, 0.717) is 13.1 Å². The Kier molecular flexibility index (Phi) is 3.27. The van der Waals surface area contributed by atoms with Crippen LogP contribution in [0.5, 0.6) is 5.88 Å². The molecule has 0 bridgehead atoms. The molecule has 0 saturated carbocycles. The third kappa shape index (κ3) is 2.33. The smallest absolute Gasteiger partial charge is 0.224 e. The predicted molar refractivity (Wildman–Crippen MR) is 49.0 cm³/mol. The maximum absolute atomic E-state index is 8.92. The van der Waals surface area contributed by atoms with E-state index < -0.39 is 0 Å². The Balaban J connectivity index is 2.47. The average Bonchev–Trinajstić information content (AvgIpc) is 2.47. The lowest BCUT2D eigenvalue weighted by molar-refractivity contribution is 0.460. The van der Waals surface area contributed by atoms with Crippen molar-refractivity contribution in [2.75, 3.05) is 18.1 Å². The van der Waals surface area contributed by atoms with Crippen molar-refractivity contribution < 1.29 is 5.11 Å². The van der Waals surface area contributed by atoms with Crippen LogP contribution in [0.3, 0.4) is 0 Å². The molecule has 0 unspecified atom stereocenters. The highest BCUT2D eigenvalue weighted by Crippen LogP contribution is 2.22. The lowest BCUT2D eigenvalue weighted by Crippen LogP contribution is -2.32. The van der Waals surface area contributed by atoms with Gasteiger partial charge in [-0.25, -0.2) is 5.84 Å². The molecule has 5 nitrogen and oxygen atoms in total. The molecule has 0 amide bonds. The fourth-order valence-corrected chi connectivity index (χ4v) is 1.36. The summed E-state index contributed by atoms with van der Waals surface area (Å²) in [6, 6.07) is 1.53. The van der Waals surface area contributed by atoms with Crippen molar-refractivity contribution in [2.24, 2.45) is 11.6 Å². The van der Waals surface area contributed by atoms with Gasteiger partial charge in [0.15, 0.2) is 0 Å². The van der Waals surface area contributed by atoms with Crippen LogP contribution in [0.15, 0.2) is 6.07 Å². The molecule has 1 heterocycles. The number of hydrogen-bond acceptors (Lipinski definition) is 6. The van der Waals surface area contributed by atoms with Gasteiger partial charge in [-0.15, -0.1) is 0 Å². The zero-order chi connectivity index (χ0) is 8.97. The molecule has 6 heteroatoms. The van der Waals surface area contributed by atoms with E-state index in [1.165, 1.54) is 22.6 Å². The van der Waals surface area contributed by atoms with Crippen LogP contribution >= 0.6 is 11.5 Å². The van der Waals surface area contributed by atoms with Crippen molar-refractivity contribution in [3.8, 4) is 5.88 Å². The van der Waals surface area contributed by atoms with Crippen LogP contribution in [-0.4, -0.2) is 22.6 Å². The number of nitrogens with zero attached hydrogens (tertiary/aromatic N) is 2. The molecule has 0 aliphatic carbocycles. The van der Waals surface area contributed by atoms with E-state index in [-0.39, 0.29) is 5.88 Å². The molecule has 0 fully saturated rings. The molecule has 1 aromatic heterocycles. The molecular formula is C6H12N4OS. The average molecular weight is 188 g/mol. The molecule has 1 rings (SSSR count). The normalized spacial score (nSPS) is 10.2. The van der Waals surface area contributed by atoms with Gasteiger partial charge in [0, 0.05) is 12.6 Å². The van der Waals surface area contributed by atoms with Crippen LogP contribution in [0.1, 0.15) is 6.42 Å². The lowest BCUT2D eigenvalue weighted by atomic mass is 10.4. The van der Waals surface area contributed by atoms with E-state index in [9.17, 15) is 0 Å². The number of rotatable bonds is 4. The van der Waals surface area contributed by atoms with Crippen molar-refractivity contribution >= 4 is 16.5 Å². The molecule has 0 aromatic carbocycles. The minimum absolute atomic E-state index is 0.0122. The van der Waals surface area contributed by atoms with Gasteiger partial charge in [-0.3, -0.25) is 0 Å². The summed E-state index contributed by atoms with van der Waals surface area (Å²) in [5, 5.41) is 11.2. The monoisotopic (exact) mass is 188 g/mol. The standard InChI is InChI=1S/C6H12N4OS/c7-2-1-3-10(8)6-4-5(11)9-12-6/h4H,1-3,7-8H2,(H,9,11). The molecule has 0 atom stereocenters. The van der Waals surface area contributed by atoms with Gasteiger partial charge < -0.3 is 15.8 Å². The third-order valence-electron chi connectivity index (χ3n) is 1.37. The summed E-state index contributed by atoms with van der Waals surface area (Å²) in [4.78, 5) is 0. The molecule has 0 spiro atoms. The first-order chi connectivity index (χ1) is 5.74.